The molecule has 1 aromatic carbocycles. The fourth-order valence-electron chi connectivity index (χ4n) is 2.35. The zero-order valence-electron chi connectivity index (χ0n) is 12.6. The van der Waals surface area contributed by atoms with Gasteiger partial charge in [-0.25, -0.2) is 0 Å². The second kappa shape index (κ2) is 7.44. The van der Waals surface area contributed by atoms with Crippen LogP contribution in [0.25, 0.3) is 0 Å². The van der Waals surface area contributed by atoms with Crippen LogP contribution in [0, 0.1) is 0 Å². The van der Waals surface area contributed by atoms with Crippen LogP contribution in [0.5, 0.6) is 5.75 Å². The summed E-state index contributed by atoms with van der Waals surface area (Å²) in [4.78, 5) is 12.1. The summed E-state index contributed by atoms with van der Waals surface area (Å²) >= 11 is 1.85. The summed E-state index contributed by atoms with van der Waals surface area (Å²) in [5, 5.41) is 2.79. The van der Waals surface area contributed by atoms with E-state index in [9.17, 15) is 18.0 Å². The number of benzene rings is 1. The lowest BCUT2D eigenvalue weighted by atomic mass is 9.96. The molecule has 23 heavy (non-hydrogen) atoms. The van der Waals surface area contributed by atoms with Gasteiger partial charge in [0, 0.05) is 19.2 Å². The van der Waals surface area contributed by atoms with Gasteiger partial charge in [0.05, 0.1) is 5.60 Å². The Morgan fingerprint density at radius 2 is 1.87 bits per heavy atom. The number of amides is 1. The van der Waals surface area contributed by atoms with Gasteiger partial charge in [-0.1, -0.05) is 0 Å². The highest BCUT2D eigenvalue weighted by atomic mass is 32.2. The van der Waals surface area contributed by atoms with Crippen molar-refractivity contribution in [1.82, 2.24) is 5.32 Å². The Kier molecular flexibility index (Phi) is 5.80. The highest BCUT2D eigenvalue weighted by molar-refractivity contribution is 7.99. The highest BCUT2D eigenvalue weighted by Gasteiger charge is 2.33. The van der Waals surface area contributed by atoms with Crippen molar-refractivity contribution in [3.8, 4) is 5.75 Å². The summed E-state index contributed by atoms with van der Waals surface area (Å²) in [6, 6.07) is 4.83. The quantitative estimate of drug-likeness (QED) is 0.887. The van der Waals surface area contributed by atoms with Gasteiger partial charge in [0.15, 0.2) is 0 Å². The van der Waals surface area contributed by atoms with Gasteiger partial charge in [-0.15, -0.1) is 13.2 Å². The van der Waals surface area contributed by atoms with Gasteiger partial charge in [0.25, 0.3) is 5.91 Å². The van der Waals surface area contributed by atoms with Crippen molar-refractivity contribution in [2.45, 2.75) is 24.8 Å². The van der Waals surface area contributed by atoms with Crippen LogP contribution >= 0.6 is 11.8 Å². The molecule has 0 spiro atoms. The molecule has 1 N–H and O–H groups in total. The van der Waals surface area contributed by atoms with Crippen LogP contribution in [0.2, 0.25) is 0 Å². The van der Waals surface area contributed by atoms with E-state index in [0.29, 0.717) is 6.54 Å². The normalized spacial score (nSPS) is 17.6. The predicted octanol–water partition coefficient (Wildman–Crippen LogP) is 3.23. The van der Waals surface area contributed by atoms with Crippen molar-refractivity contribution >= 4 is 17.7 Å². The molecule has 0 aliphatic carbocycles. The number of carbonyl (C=O) groups is 1. The van der Waals surface area contributed by atoms with Gasteiger partial charge in [0.2, 0.25) is 0 Å². The van der Waals surface area contributed by atoms with Gasteiger partial charge >= 0.3 is 6.36 Å². The summed E-state index contributed by atoms with van der Waals surface area (Å²) in [6.07, 6.45) is -3.03. The molecule has 1 aromatic rings. The molecule has 1 aliphatic rings. The van der Waals surface area contributed by atoms with E-state index in [1.807, 2.05) is 11.8 Å². The number of nitrogens with one attached hydrogen (secondary N) is 1. The first-order valence-corrected chi connectivity index (χ1v) is 8.26. The number of ether oxygens (including phenoxy) is 2. The Labute approximate surface area is 136 Å². The number of alkyl halides is 3. The van der Waals surface area contributed by atoms with Crippen molar-refractivity contribution in [3.05, 3.63) is 29.8 Å². The maximum absolute atomic E-state index is 12.1. The molecular formula is C15H18F3NO3S. The molecule has 0 aromatic heterocycles. The van der Waals surface area contributed by atoms with Crippen LogP contribution in [-0.2, 0) is 4.74 Å². The first kappa shape index (κ1) is 17.9. The topological polar surface area (TPSA) is 47.6 Å². The molecule has 1 amide bonds. The SMILES string of the molecule is COC1(CNC(=O)c2ccc(OC(F)(F)F)cc2)CCSCC1. The van der Waals surface area contributed by atoms with Crippen LogP contribution in [0.1, 0.15) is 23.2 Å². The van der Waals surface area contributed by atoms with Crippen molar-refractivity contribution in [3.63, 3.8) is 0 Å². The van der Waals surface area contributed by atoms with Crippen molar-refractivity contribution in [1.29, 1.82) is 0 Å². The van der Waals surface area contributed by atoms with Crippen LogP contribution in [-0.4, -0.2) is 43.0 Å². The molecule has 1 fully saturated rings. The average Bonchev–Trinajstić information content (AvgIpc) is 2.53. The van der Waals surface area contributed by atoms with E-state index in [1.54, 1.807) is 7.11 Å². The Bertz CT molecular complexity index is 528. The number of methoxy groups -OCH3 is 1. The van der Waals surface area contributed by atoms with Crippen molar-refractivity contribution < 1.29 is 27.4 Å². The molecule has 1 aliphatic heterocycles. The van der Waals surface area contributed by atoms with E-state index in [2.05, 4.69) is 10.1 Å². The summed E-state index contributed by atoms with van der Waals surface area (Å²) in [6.45, 7) is 0.379. The van der Waals surface area contributed by atoms with Gasteiger partial charge < -0.3 is 14.8 Å². The number of hydrogen-bond donors (Lipinski definition) is 1. The number of thioether (sulfide) groups is 1. The van der Waals surface area contributed by atoms with Crippen molar-refractivity contribution in [2.75, 3.05) is 25.2 Å². The molecule has 4 nitrogen and oxygen atoms in total. The molecule has 8 heteroatoms. The first-order chi connectivity index (χ1) is 10.8. The second-order valence-electron chi connectivity index (χ2n) is 5.25. The minimum Gasteiger partial charge on any atom is -0.406 e. The standard InChI is InChI=1S/C15H18F3NO3S/c1-21-14(6-8-23-9-7-14)10-19-13(20)11-2-4-12(5-3-11)22-15(16,17)18/h2-5H,6-10H2,1H3,(H,19,20). The lowest BCUT2D eigenvalue weighted by molar-refractivity contribution is -0.274. The van der Waals surface area contributed by atoms with E-state index in [0.717, 1.165) is 36.5 Å². The molecule has 1 heterocycles. The molecule has 0 saturated carbocycles. The first-order valence-electron chi connectivity index (χ1n) is 7.10. The molecule has 0 bridgehead atoms. The Morgan fingerprint density at radius 1 is 1.26 bits per heavy atom. The van der Waals surface area contributed by atoms with Crippen LogP contribution < -0.4 is 10.1 Å². The van der Waals surface area contributed by atoms with Gasteiger partial charge in [0.1, 0.15) is 5.75 Å². The Hall–Kier alpha value is -1.41. The van der Waals surface area contributed by atoms with Gasteiger partial charge in [-0.3, -0.25) is 4.79 Å². The van der Waals surface area contributed by atoms with Crippen LogP contribution in [0.4, 0.5) is 13.2 Å². The lowest BCUT2D eigenvalue weighted by Gasteiger charge is -2.35. The second-order valence-corrected chi connectivity index (χ2v) is 6.48. The Morgan fingerprint density at radius 3 is 2.39 bits per heavy atom. The van der Waals surface area contributed by atoms with Crippen molar-refractivity contribution in [2.24, 2.45) is 0 Å². The predicted molar refractivity (Wildman–Crippen MR) is 81.8 cm³/mol. The fourth-order valence-corrected chi connectivity index (χ4v) is 3.58. The Balaban J connectivity index is 1.92. The number of hydrogen-bond acceptors (Lipinski definition) is 4. The summed E-state index contributed by atoms with van der Waals surface area (Å²) in [5.41, 5.74) is -0.0868. The fraction of sp³-hybridized carbons (Fsp3) is 0.533. The number of carbonyl (C=O) groups excluding carboxylic acids is 1. The average molecular weight is 349 g/mol. The van der Waals surface area contributed by atoms with Crippen LogP contribution in [0.3, 0.4) is 0 Å². The lowest BCUT2D eigenvalue weighted by Crippen LogP contribution is -2.46. The zero-order valence-corrected chi connectivity index (χ0v) is 13.4. The molecule has 0 unspecified atom stereocenters. The monoisotopic (exact) mass is 349 g/mol. The van der Waals surface area contributed by atoms with Gasteiger partial charge in [-0.05, 0) is 48.6 Å². The third kappa shape index (κ3) is 5.31. The van der Waals surface area contributed by atoms with E-state index in [-0.39, 0.29) is 22.8 Å². The van der Waals surface area contributed by atoms with E-state index >= 15 is 0 Å². The van der Waals surface area contributed by atoms with E-state index < -0.39 is 6.36 Å². The smallest absolute Gasteiger partial charge is 0.406 e. The van der Waals surface area contributed by atoms with Crippen LogP contribution in [0.15, 0.2) is 24.3 Å². The molecular weight excluding hydrogens is 331 g/mol. The number of rotatable bonds is 5. The minimum absolute atomic E-state index is 0.274. The summed E-state index contributed by atoms with van der Waals surface area (Å²) in [5.74, 6) is 1.25. The van der Waals surface area contributed by atoms with E-state index in [1.165, 1.54) is 12.1 Å². The highest BCUT2D eigenvalue weighted by Crippen LogP contribution is 2.29. The van der Waals surface area contributed by atoms with E-state index in [4.69, 9.17) is 4.74 Å². The third-order valence-corrected chi connectivity index (χ3v) is 4.74. The largest absolute Gasteiger partial charge is 0.573 e. The minimum atomic E-state index is -4.74. The molecule has 1 saturated heterocycles. The summed E-state index contributed by atoms with van der Waals surface area (Å²) in [7, 11) is 1.63. The third-order valence-electron chi connectivity index (χ3n) is 3.76. The number of halogens is 3. The summed E-state index contributed by atoms with van der Waals surface area (Å²) < 4.78 is 45.6. The maximum atomic E-state index is 12.1. The zero-order chi connectivity index (χ0) is 16.9. The molecule has 0 radical (unpaired) electrons. The molecule has 128 valence electrons. The molecule has 2 rings (SSSR count). The maximum Gasteiger partial charge on any atom is 0.573 e. The van der Waals surface area contributed by atoms with Gasteiger partial charge in [-0.2, -0.15) is 11.8 Å². The molecule has 0 atom stereocenters.